The molecule has 1 aliphatic carbocycles. The Hall–Kier alpha value is -4.17. The molecular formula is C33H36ClN3O5. The average molecular weight is 590 g/mol. The molecule has 220 valence electrons. The number of amides is 1. The van der Waals surface area contributed by atoms with Gasteiger partial charge in [-0.3, -0.25) is 9.59 Å². The number of anilines is 2. The largest absolute Gasteiger partial charge is 0.493 e. The molecule has 1 heterocycles. The summed E-state index contributed by atoms with van der Waals surface area (Å²) in [6.45, 7) is 4.44. The van der Waals surface area contributed by atoms with Crippen LogP contribution in [0.5, 0.6) is 17.2 Å². The number of hydrogen-bond acceptors (Lipinski definition) is 7. The van der Waals surface area contributed by atoms with Gasteiger partial charge in [0.1, 0.15) is 0 Å². The normalized spacial score (nSPS) is 17.4. The van der Waals surface area contributed by atoms with Crippen LogP contribution in [0.3, 0.4) is 0 Å². The summed E-state index contributed by atoms with van der Waals surface area (Å²) < 4.78 is 17.2. The maximum absolute atomic E-state index is 14.1. The summed E-state index contributed by atoms with van der Waals surface area (Å²) in [6, 6.07) is 18.2. The van der Waals surface area contributed by atoms with Gasteiger partial charge in [-0.25, -0.2) is 0 Å². The lowest BCUT2D eigenvalue weighted by Crippen LogP contribution is -2.42. The van der Waals surface area contributed by atoms with E-state index >= 15 is 0 Å². The molecule has 1 atom stereocenters. The number of rotatable bonds is 8. The van der Waals surface area contributed by atoms with Crippen molar-refractivity contribution in [3.8, 4) is 17.2 Å². The van der Waals surface area contributed by atoms with E-state index in [1.54, 1.807) is 33.5 Å². The summed E-state index contributed by atoms with van der Waals surface area (Å²) in [4.78, 5) is 29.6. The smallest absolute Gasteiger partial charge is 0.239 e. The van der Waals surface area contributed by atoms with E-state index in [4.69, 9.17) is 25.8 Å². The van der Waals surface area contributed by atoms with E-state index in [1.165, 1.54) is 0 Å². The molecule has 0 saturated heterocycles. The maximum Gasteiger partial charge on any atom is 0.239 e. The first-order valence-electron chi connectivity index (χ1n) is 13.8. The van der Waals surface area contributed by atoms with Crippen LogP contribution in [0.25, 0.3) is 0 Å². The molecule has 2 N–H and O–H groups in total. The minimum absolute atomic E-state index is 0.0184. The number of carbonyl (C=O) groups is 2. The van der Waals surface area contributed by atoms with Crippen LogP contribution in [0.4, 0.5) is 11.4 Å². The van der Waals surface area contributed by atoms with Gasteiger partial charge in [-0.2, -0.15) is 0 Å². The van der Waals surface area contributed by atoms with Crippen LogP contribution in [0.15, 0.2) is 71.9 Å². The Morgan fingerprint density at radius 3 is 2.40 bits per heavy atom. The van der Waals surface area contributed by atoms with Gasteiger partial charge >= 0.3 is 0 Å². The van der Waals surface area contributed by atoms with E-state index in [9.17, 15) is 9.59 Å². The Morgan fingerprint density at radius 1 is 0.976 bits per heavy atom. The second-order valence-corrected chi connectivity index (χ2v) is 11.7. The summed E-state index contributed by atoms with van der Waals surface area (Å²) in [5.74, 6) is 1.15. The van der Waals surface area contributed by atoms with Crippen LogP contribution in [-0.4, -0.2) is 39.6 Å². The lowest BCUT2D eigenvalue weighted by molar-refractivity contribution is -0.121. The van der Waals surface area contributed by atoms with Gasteiger partial charge in [0.2, 0.25) is 11.7 Å². The lowest BCUT2D eigenvalue weighted by Gasteiger charge is -2.38. The minimum Gasteiger partial charge on any atom is -0.493 e. The molecule has 42 heavy (non-hydrogen) atoms. The highest BCUT2D eigenvalue weighted by molar-refractivity contribution is 6.31. The van der Waals surface area contributed by atoms with E-state index in [0.29, 0.717) is 46.2 Å². The fourth-order valence-corrected chi connectivity index (χ4v) is 6.14. The molecule has 0 spiro atoms. The number of allylic oxidation sites excluding steroid dienone is 1. The van der Waals surface area contributed by atoms with Crippen molar-refractivity contribution in [1.29, 1.82) is 0 Å². The third-order valence-corrected chi connectivity index (χ3v) is 8.15. The van der Waals surface area contributed by atoms with Crippen LogP contribution in [-0.2, 0) is 16.1 Å². The topological polar surface area (TPSA) is 89.1 Å². The SMILES string of the molecule is COc1ccc(C2C3=C(CC(C)(C)CC3=O)Nc3ccccc3N2CC(=O)NCc2ccccc2Cl)c(OC)c1OC. The third-order valence-electron chi connectivity index (χ3n) is 7.78. The third kappa shape index (κ3) is 5.63. The number of hydrogen-bond donors (Lipinski definition) is 2. The Morgan fingerprint density at radius 2 is 1.69 bits per heavy atom. The fourth-order valence-electron chi connectivity index (χ4n) is 5.94. The fraction of sp³-hybridized carbons (Fsp3) is 0.333. The number of carbonyl (C=O) groups excluding carboxylic acids is 2. The molecular weight excluding hydrogens is 554 g/mol. The van der Waals surface area contributed by atoms with Crippen LogP contribution >= 0.6 is 11.6 Å². The predicted octanol–water partition coefficient (Wildman–Crippen LogP) is 6.30. The number of nitrogens with zero attached hydrogens (tertiary/aromatic N) is 1. The summed E-state index contributed by atoms with van der Waals surface area (Å²) in [7, 11) is 4.67. The molecule has 0 fully saturated rings. The lowest BCUT2D eigenvalue weighted by atomic mass is 9.73. The number of ketones is 1. The Labute approximate surface area is 251 Å². The van der Waals surface area contributed by atoms with Crippen molar-refractivity contribution >= 4 is 34.7 Å². The maximum atomic E-state index is 14.1. The van der Waals surface area contributed by atoms with Crippen molar-refractivity contribution in [2.75, 3.05) is 38.1 Å². The molecule has 1 aliphatic heterocycles. The zero-order valence-electron chi connectivity index (χ0n) is 24.5. The summed E-state index contributed by atoms with van der Waals surface area (Å²) in [5.41, 5.74) is 4.32. The standard InChI is InChI=1S/C33H36ClN3O5/c1-33(2)16-24-29(26(38)17-33)30(21-14-15-27(40-3)32(42-5)31(21)41-4)37(25-13-9-8-12-23(25)36-24)19-28(39)35-18-20-10-6-7-11-22(20)34/h6-15,30,36H,16-19H2,1-5H3,(H,35,39). The van der Waals surface area contributed by atoms with Crippen LogP contribution in [0.2, 0.25) is 5.02 Å². The molecule has 5 rings (SSSR count). The highest BCUT2D eigenvalue weighted by Crippen LogP contribution is 2.52. The van der Waals surface area contributed by atoms with Crippen molar-refractivity contribution < 1.29 is 23.8 Å². The van der Waals surface area contributed by atoms with Gasteiger partial charge in [-0.15, -0.1) is 0 Å². The Kier molecular flexibility index (Phi) is 8.36. The molecule has 9 heteroatoms. The first-order chi connectivity index (χ1) is 20.2. The van der Waals surface area contributed by atoms with E-state index in [1.807, 2.05) is 53.4 Å². The molecule has 0 aromatic heterocycles. The zero-order chi connectivity index (χ0) is 30.0. The molecule has 1 unspecified atom stereocenters. The molecule has 2 aliphatic rings. The molecule has 0 bridgehead atoms. The van der Waals surface area contributed by atoms with Gasteiger partial charge in [-0.1, -0.05) is 55.8 Å². The number of para-hydroxylation sites is 2. The van der Waals surface area contributed by atoms with Gasteiger partial charge in [0, 0.05) is 34.8 Å². The number of fused-ring (bicyclic) bond motifs is 1. The Balaban J connectivity index is 1.67. The first kappa shape index (κ1) is 29.3. The number of nitrogens with one attached hydrogen (secondary N) is 2. The monoisotopic (exact) mass is 589 g/mol. The quantitative estimate of drug-likeness (QED) is 0.319. The van der Waals surface area contributed by atoms with E-state index in [2.05, 4.69) is 24.5 Å². The van der Waals surface area contributed by atoms with Crippen LogP contribution < -0.4 is 29.7 Å². The molecule has 8 nitrogen and oxygen atoms in total. The van der Waals surface area contributed by atoms with Crippen molar-refractivity contribution in [1.82, 2.24) is 5.32 Å². The van der Waals surface area contributed by atoms with Crippen molar-refractivity contribution in [3.63, 3.8) is 0 Å². The number of halogens is 1. The Bertz CT molecular complexity index is 1550. The molecule has 3 aromatic carbocycles. The summed E-state index contributed by atoms with van der Waals surface area (Å²) >= 11 is 6.34. The first-order valence-corrected chi connectivity index (χ1v) is 14.2. The second-order valence-electron chi connectivity index (χ2n) is 11.3. The highest BCUT2D eigenvalue weighted by atomic mass is 35.5. The highest BCUT2D eigenvalue weighted by Gasteiger charge is 2.43. The van der Waals surface area contributed by atoms with E-state index < -0.39 is 6.04 Å². The number of Topliss-reactive ketones (excluding diaryl/α,β-unsaturated/α-hetero) is 1. The van der Waals surface area contributed by atoms with E-state index in [-0.39, 0.29) is 30.2 Å². The van der Waals surface area contributed by atoms with Crippen LogP contribution in [0, 0.1) is 5.41 Å². The number of benzene rings is 3. The van der Waals surface area contributed by atoms with Crippen LogP contribution in [0.1, 0.15) is 43.9 Å². The van der Waals surface area contributed by atoms with Crippen molar-refractivity contribution in [2.24, 2.45) is 5.41 Å². The predicted molar refractivity (Wildman–Crippen MR) is 165 cm³/mol. The molecule has 0 saturated carbocycles. The van der Waals surface area contributed by atoms with Crippen molar-refractivity contribution in [2.45, 2.75) is 39.3 Å². The van der Waals surface area contributed by atoms with E-state index in [0.717, 1.165) is 22.6 Å². The zero-order valence-corrected chi connectivity index (χ0v) is 25.3. The van der Waals surface area contributed by atoms with Gasteiger partial charge < -0.3 is 29.7 Å². The van der Waals surface area contributed by atoms with Gasteiger partial charge in [-0.05, 0) is 47.7 Å². The van der Waals surface area contributed by atoms with Gasteiger partial charge in [0.25, 0.3) is 0 Å². The summed E-state index contributed by atoms with van der Waals surface area (Å²) in [5, 5.41) is 7.17. The molecule has 0 radical (unpaired) electrons. The van der Waals surface area contributed by atoms with Gasteiger partial charge in [0.15, 0.2) is 17.3 Å². The van der Waals surface area contributed by atoms with Gasteiger partial charge in [0.05, 0.1) is 45.3 Å². The minimum atomic E-state index is -0.652. The molecule has 1 amide bonds. The second kappa shape index (κ2) is 12.0. The average Bonchev–Trinajstić information content (AvgIpc) is 3.09. The van der Waals surface area contributed by atoms with Crippen molar-refractivity contribution in [3.05, 3.63) is 88.1 Å². The number of ether oxygens (including phenoxy) is 3. The number of methoxy groups -OCH3 is 3. The summed E-state index contributed by atoms with van der Waals surface area (Å²) in [6.07, 6.45) is 1.05. The molecule has 3 aromatic rings.